The summed E-state index contributed by atoms with van der Waals surface area (Å²) in [7, 11) is 0. The third-order valence-electron chi connectivity index (χ3n) is 6.55. The van der Waals surface area contributed by atoms with Crippen molar-refractivity contribution in [2.75, 3.05) is 6.61 Å². The summed E-state index contributed by atoms with van der Waals surface area (Å²) in [5.41, 5.74) is 1.84. The van der Waals surface area contributed by atoms with Gasteiger partial charge in [0.25, 0.3) is 0 Å². The van der Waals surface area contributed by atoms with Gasteiger partial charge in [0.2, 0.25) is 0 Å². The summed E-state index contributed by atoms with van der Waals surface area (Å²) < 4.78 is 12.1. The van der Waals surface area contributed by atoms with Gasteiger partial charge in [-0.2, -0.15) is 0 Å². The SMILES string of the molecule is CCOc1ccc2oc(-c3ccc(Cl)cc3)cc(=NC3CCCCCCCCCCC3)c2c1. The van der Waals surface area contributed by atoms with Crippen LogP contribution >= 0.6 is 11.6 Å². The molecule has 0 N–H and O–H groups in total. The second kappa shape index (κ2) is 12.3. The molecule has 1 aliphatic carbocycles. The third-order valence-corrected chi connectivity index (χ3v) is 6.80. The third kappa shape index (κ3) is 6.86. The molecule has 0 radical (unpaired) electrons. The smallest absolute Gasteiger partial charge is 0.137 e. The summed E-state index contributed by atoms with van der Waals surface area (Å²) in [4.78, 5) is 5.34. The molecule has 3 nitrogen and oxygen atoms in total. The Morgan fingerprint density at radius 2 is 1.48 bits per heavy atom. The maximum atomic E-state index is 6.30. The first-order chi connectivity index (χ1) is 16.2. The van der Waals surface area contributed by atoms with Crippen molar-refractivity contribution < 1.29 is 9.15 Å². The number of fused-ring (bicyclic) bond motifs is 1. The maximum absolute atomic E-state index is 6.30. The minimum Gasteiger partial charge on any atom is -0.494 e. The van der Waals surface area contributed by atoms with Gasteiger partial charge in [-0.15, -0.1) is 0 Å². The summed E-state index contributed by atoms with van der Waals surface area (Å²) >= 11 is 6.11. The van der Waals surface area contributed by atoms with Gasteiger partial charge in [0.05, 0.1) is 18.0 Å². The van der Waals surface area contributed by atoms with Crippen molar-refractivity contribution in [3.8, 4) is 17.1 Å². The summed E-state index contributed by atoms with van der Waals surface area (Å²) in [6, 6.07) is 16.3. The molecule has 2 aromatic carbocycles. The van der Waals surface area contributed by atoms with Gasteiger partial charge in [-0.05, 0) is 62.2 Å². The number of halogens is 1. The summed E-state index contributed by atoms with van der Waals surface area (Å²) in [6.07, 6.45) is 14.4. The van der Waals surface area contributed by atoms with Gasteiger partial charge in [0, 0.05) is 22.0 Å². The van der Waals surface area contributed by atoms with Crippen LogP contribution in [-0.2, 0) is 0 Å². The van der Waals surface area contributed by atoms with Gasteiger partial charge in [-0.1, -0.05) is 69.4 Å². The number of ether oxygens (including phenoxy) is 1. The summed E-state index contributed by atoms with van der Waals surface area (Å²) in [5.74, 6) is 1.67. The fourth-order valence-corrected chi connectivity index (χ4v) is 4.86. The maximum Gasteiger partial charge on any atom is 0.137 e. The molecule has 1 aromatic heterocycles. The molecule has 0 bridgehead atoms. The molecular weight excluding hydrogens is 430 g/mol. The van der Waals surface area contributed by atoms with Gasteiger partial charge in [-0.25, -0.2) is 0 Å². The van der Waals surface area contributed by atoms with Crippen LogP contribution in [0.5, 0.6) is 5.75 Å². The lowest BCUT2D eigenvalue weighted by Gasteiger charge is -2.15. The van der Waals surface area contributed by atoms with E-state index in [9.17, 15) is 0 Å². The van der Waals surface area contributed by atoms with E-state index in [0.29, 0.717) is 12.6 Å². The zero-order chi connectivity index (χ0) is 22.9. The second-order valence-corrected chi connectivity index (χ2v) is 9.57. The van der Waals surface area contributed by atoms with Crippen LogP contribution in [0.1, 0.15) is 77.6 Å². The molecule has 4 rings (SSSR count). The van der Waals surface area contributed by atoms with E-state index in [1.165, 1.54) is 57.8 Å². The first kappa shape index (κ1) is 23.9. The molecule has 0 aliphatic heterocycles. The molecule has 33 heavy (non-hydrogen) atoms. The van der Waals surface area contributed by atoms with E-state index in [1.54, 1.807) is 0 Å². The highest BCUT2D eigenvalue weighted by Crippen LogP contribution is 2.26. The van der Waals surface area contributed by atoms with Crippen LogP contribution in [-0.4, -0.2) is 12.6 Å². The van der Waals surface area contributed by atoms with Crippen LogP contribution in [0.4, 0.5) is 0 Å². The van der Waals surface area contributed by atoms with Gasteiger partial charge in [0.1, 0.15) is 17.1 Å². The lowest BCUT2D eigenvalue weighted by atomic mass is 9.98. The molecule has 1 aliphatic rings. The fraction of sp³-hybridized carbons (Fsp3) is 0.483. The topological polar surface area (TPSA) is 34.7 Å². The molecule has 3 aromatic rings. The van der Waals surface area contributed by atoms with Crippen molar-refractivity contribution in [3.63, 3.8) is 0 Å². The first-order valence-corrected chi connectivity index (χ1v) is 13.1. The van der Waals surface area contributed by atoms with E-state index in [1.807, 2.05) is 43.3 Å². The normalized spacial score (nSPS) is 17.5. The monoisotopic (exact) mass is 465 g/mol. The van der Waals surface area contributed by atoms with Crippen molar-refractivity contribution in [2.45, 2.75) is 83.6 Å². The molecule has 1 heterocycles. The number of hydrogen-bond donors (Lipinski definition) is 0. The molecule has 0 spiro atoms. The van der Waals surface area contributed by atoms with Crippen molar-refractivity contribution in [3.05, 3.63) is 58.9 Å². The lowest BCUT2D eigenvalue weighted by molar-refractivity contribution is 0.340. The predicted molar refractivity (Wildman–Crippen MR) is 138 cm³/mol. The van der Waals surface area contributed by atoms with Crippen LogP contribution in [0, 0.1) is 0 Å². The van der Waals surface area contributed by atoms with E-state index in [0.717, 1.165) is 51.3 Å². The Labute approximate surface area is 202 Å². The molecule has 4 heteroatoms. The Hall–Kier alpha value is -2.26. The minimum absolute atomic E-state index is 0.351. The molecule has 1 saturated carbocycles. The van der Waals surface area contributed by atoms with Gasteiger partial charge in [-0.3, -0.25) is 4.99 Å². The number of rotatable bonds is 4. The average molecular weight is 466 g/mol. The summed E-state index contributed by atoms with van der Waals surface area (Å²) in [6.45, 7) is 2.65. The van der Waals surface area contributed by atoms with Crippen LogP contribution in [0.3, 0.4) is 0 Å². The minimum atomic E-state index is 0.351. The zero-order valence-corrected chi connectivity index (χ0v) is 20.6. The molecule has 1 fully saturated rings. The van der Waals surface area contributed by atoms with E-state index >= 15 is 0 Å². The van der Waals surface area contributed by atoms with Crippen molar-refractivity contribution in [2.24, 2.45) is 4.99 Å². The fourth-order valence-electron chi connectivity index (χ4n) is 4.74. The average Bonchev–Trinajstić information content (AvgIpc) is 2.81. The van der Waals surface area contributed by atoms with E-state index in [4.69, 9.17) is 25.7 Å². The van der Waals surface area contributed by atoms with Crippen LogP contribution in [0.15, 0.2) is 57.9 Å². The zero-order valence-electron chi connectivity index (χ0n) is 19.8. The van der Waals surface area contributed by atoms with Crippen molar-refractivity contribution in [1.29, 1.82) is 0 Å². The Morgan fingerprint density at radius 3 is 2.12 bits per heavy atom. The van der Waals surface area contributed by atoms with Crippen LogP contribution in [0.25, 0.3) is 22.3 Å². The highest BCUT2D eigenvalue weighted by atomic mass is 35.5. The first-order valence-electron chi connectivity index (χ1n) is 12.7. The van der Waals surface area contributed by atoms with E-state index < -0.39 is 0 Å². The largest absolute Gasteiger partial charge is 0.494 e. The number of hydrogen-bond acceptors (Lipinski definition) is 3. The quantitative estimate of drug-likeness (QED) is 0.386. The number of nitrogens with zero attached hydrogens (tertiary/aromatic N) is 1. The van der Waals surface area contributed by atoms with Crippen LogP contribution in [0.2, 0.25) is 5.02 Å². The van der Waals surface area contributed by atoms with Crippen LogP contribution < -0.4 is 10.1 Å². The second-order valence-electron chi connectivity index (χ2n) is 9.14. The van der Waals surface area contributed by atoms with Gasteiger partial charge >= 0.3 is 0 Å². The predicted octanol–water partition coefficient (Wildman–Crippen LogP) is 8.73. The molecule has 0 saturated heterocycles. The van der Waals surface area contributed by atoms with Crippen molar-refractivity contribution >= 4 is 22.6 Å². The number of benzene rings is 2. The molecule has 0 unspecified atom stereocenters. The highest BCUT2D eigenvalue weighted by molar-refractivity contribution is 6.30. The molecule has 0 amide bonds. The standard InChI is InChI=1S/C29H36ClNO2/c1-2-32-25-18-19-28-26(20-25)27(21-29(33-28)22-14-16-23(30)17-15-22)31-24-12-10-8-6-4-3-5-7-9-11-13-24/h14-21,24H,2-13H2,1H3. The Kier molecular flexibility index (Phi) is 8.88. The molecular formula is C29H36ClNO2. The summed E-state index contributed by atoms with van der Waals surface area (Å²) in [5, 5.41) is 2.74. The molecule has 0 atom stereocenters. The Balaban J connectivity index is 1.74. The Bertz CT molecular complexity index is 1070. The van der Waals surface area contributed by atoms with E-state index in [2.05, 4.69) is 12.1 Å². The van der Waals surface area contributed by atoms with Gasteiger partial charge in [0.15, 0.2) is 0 Å². The van der Waals surface area contributed by atoms with Crippen molar-refractivity contribution in [1.82, 2.24) is 0 Å². The Morgan fingerprint density at radius 1 is 0.848 bits per heavy atom. The van der Waals surface area contributed by atoms with E-state index in [-0.39, 0.29) is 0 Å². The lowest BCUT2D eigenvalue weighted by Crippen LogP contribution is -2.13. The molecule has 176 valence electrons. The van der Waals surface area contributed by atoms with Gasteiger partial charge < -0.3 is 9.15 Å². The highest BCUT2D eigenvalue weighted by Gasteiger charge is 2.12.